The number of aliphatic hydroxyl groups is 3. The monoisotopic (exact) mass is 837 g/mol. The summed E-state index contributed by atoms with van der Waals surface area (Å²) in [5.74, 6) is -0.886. The third-order valence-electron chi connectivity index (χ3n) is 20.6. The van der Waals surface area contributed by atoms with Crippen LogP contribution in [0, 0.1) is 73.4 Å². The zero-order chi connectivity index (χ0) is 42.8. The number of carbonyl (C=O) groups is 3. The van der Waals surface area contributed by atoms with Crippen molar-refractivity contribution in [2.45, 2.75) is 174 Å². The Bertz CT molecular complexity index is 1790. The predicted molar refractivity (Wildman–Crippen MR) is 221 cm³/mol. The van der Waals surface area contributed by atoms with Gasteiger partial charge in [-0.2, -0.15) is 0 Å². The maximum atomic E-state index is 14.2. The molecule has 18 atom stereocenters. The molecule has 11 nitrogen and oxygen atoms in total. The molecule has 2 bridgehead atoms. The molecule has 0 aromatic carbocycles. The zero-order valence-electron chi connectivity index (χ0n) is 36.7. The van der Waals surface area contributed by atoms with E-state index >= 15 is 0 Å². The SMILES string of the molecule is COC[C@@H]1C[C@]2(C)CC=C[C@]3(C2)C2=C[C@H]4CC[C@@H]5C[C@H](O[C@@H]6O[C@H](C(=O)O)[C@@H](O)[C@H](O)[C@H]6O)[C@@](C)(C6CCCCC6)[C@@H]6CC[C@](C)([C@H]4[C@@]56C)[C@]2(CCC=O)CC[C@@]13C(=O)O. The first-order valence-electron chi connectivity index (χ1n) is 23.6. The number of allylic oxidation sites excluding steroid dienone is 4. The molecule has 7 fully saturated rings. The number of rotatable bonds is 10. The summed E-state index contributed by atoms with van der Waals surface area (Å²) in [6.45, 7) is 10.3. The molecule has 0 aromatic heterocycles. The van der Waals surface area contributed by atoms with Crippen LogP contribution in [0.2, 0.25) is 0 Å². The molecule has 1 heterocycles. The summed E-state index contributed by atoms with van der Waals surface area (Å²) < 4.78 is 18.6. The molecule has 1 aliphatic heterocycles. The van der Waals surface area contributed by atoms with Gasteiger partial charge in [0.15, 0.2) is 12.4 Å². The number of aldehydes is 1. The highest BCUT2D eigenvalue weighted by Crippen LogP contribution is 2.83. The number of hydrogen-bond donors (Lipinski definition) is 5. The molecule has 0 amide bonds. The lowest BCUT2D eigenvalue weighted by atomic mass is 9.26. The highest BCUT2D eigenvalue weighted by atomic mass is 16.7. The Morgan fingerprint density at radius 2 is 1.65 bits per heavy atom. The molecule has 0 aromatic rings. The number of methoxy groups -OCH3 is 1. The van der Waals surface area contributed by atoms with Crippen molar-refractivity contribution in [2.75, 3.05) is 13.7 Å². The molecule has 9 rings (SSSR count). The summed E-state index contributed by atoms with van der Waals surface area (Å²) >= 11 is 0. The number of aliphatic hydroxyl groups excluding tert-OH is 3. The van der Waals surface area contributed by atoms with Gasteiger partial charge in [-0.15, -0.1) is 0 Å². The predicted octanol–water partition coefficient (Wildman–Crippen LogP) is 7.10. The summed E-state index contributed by atoms with van der Waals surface area (Å²) in [5, 5.41) is 54.2. The number of aliphatic carboxylic acids is 2. The first-order valence-corrected chi connectivity index (χ1v) is 23.6. The molecule has 9 aliphatic rings. The Kier molecular flexibility index (Phi) is 10.6. The van der Waals surface area contributed by atoms with Gasteiger partial charge in [0.25, 0.3) is 0 Å². The molecule has 8 aliphatic carbocycles. The maximum Gasteiger partial charge on any atom is 0.335 e. The van der Waals surface area contributed by atoms with Crippen LogP contribution in [0.4, 0.5) is 0 Å². The second-order valence-electron chi connectivity index (χ2n) is 22.7. The minimum absolute atomic E-state index is 0.0566. The van der Waals surface area contributed by atoms with Crippen LogP contribution in [0.25, 0.3) is 0 Å². The van der Waals surface area contributed by atoms with Crippen LogP contribution in [0.5, 0.6) is 0 Å². The van der Waals surface area contributed by atoms with Gasteiger partial charge < -0.3 is 44.5 Å². The lowest BCUT2D eigenvalue weighted by Gasteiger charge is -2.78. The fraction of sp³-hybridized carbons (Fsp3) is 0.857. The minimum atomic E-state index is -1.78. The van der Waals surface area contributed by atoms with Crippen molar-refractivity contribution in [2.24, 2.45) is 73.4 Å². The zero-order valence-corrected chi connectivity index (χ0v) is 36.7. The molecular weight excluding hydrogens is 765 g/mol. The summed E-state index contributed by atoms with van der Waals surface area (Å²) in [5.41, 5.74) is -1.45. The van der Waals surface area contributed by atoms with Gasteiger partial charge in [-0.1, -0.05) is 70.8 Å². The van der Waals surface area contributed by atoms with Gasteiger partial charge in [0.2, 0.25) is 0 Å². The first kappa shape index (κ1) is 43.1. The highest BCUT2D eigenvalue weighted by molar-refractivity contribution is 5.79. The Morgan fingerprint density at radius 3 is 2.33 bits per heavy atom. The van der Waals surface area contributed by atoms with E-state index in [0.29, 0.717) is 38.2 Å². The summed E-state index contributed by atoms with van der Waals surface area (Å²) in [4.78, 5) is 38.9. The van der Waals surface area contributed by atoms with Gasteiger partial charge >= 0.3 is 11.9 Å². The summed E-state index contributed by atoms with van der Waals surface area (Å²) in [7, 11) is 1.71. The number of carboxylic acid groups (broad SMARTS) is 2. The summed E-state index contributed by atoms with van der Waals surface area (Å²) in [6.07, 6.45) is 14.8. The van der Waals surface area contributed by atoms with Gasteiger partial charge in [0.05, 0.1) is 18.1 Å². The number of carboxylic acids is 2. The van der Waals surface area contributed by atoms with Crippen LogP contribution in [-0.4, -0.2) is 94.3 Å². The topological polar surface area (TPSA) is 180 Å². The smallest absolute Gasteiger partial charge is 0.335 e. The molecular formula is C49H72O11. The number of ether oxygens (including phenoxy) is 3. The van der Waals surface area contributed by atoms with Crippen molar-refractivity contribution >= 4 is 18.2 Å². The molecule has 11 heteroatoms. The molecule has 5 N–H and O–H groups in total. The Labute approximate surface area is 356 Å². The fourth-order valence-corrected chi connectivity index (χ4v) is 18.4. The normalized spacial score (nSPS) is 53.2. The average Bonchev–Trinajstić information content (AvgIpc) is 3.20. The van der Waals surface area contributed by atoms with Crippen molar-refractivity contribution in [3.05, 3.63) is 23.8 Å². The van der Waals surface area contributed by atoms with Crippen molar-refractivity contribution in [1.29, 1.82) is 0 Å². The van der Waals surface area contributed by atoms with Crippen molar-refractivity contribution < 1.29 is 54.1 Å². The van der Waals surface area contributed by atoms with E-state index in [1.807, 2.05) is 0 Å². The van der Waals surface area contributed by atoms with Crippen molar-refractivity contribution in [1.82, 2.24) is 0 Å². The van der Waals surface area contributed by atoms with Gasteiger partial charge in [-0.05, 0) is 135 Å². The van der Waals surface area contributed by atoms with E-state index in [0.717, 1.165) is 83.3 Å². The third-order valence-corrected chi connectivity index (χ3v) is 20.6. The molecule has 1 saturated heterocycles. The van der Waals surface area contributed by atoms with Crippen molar-refractivity contribution in [3.63, 3.8) is 0 Å². The van der Waals surface area contributed by atoms with E-state index in [4.69, 9.17) is 14.2 Å². The molecule has 6 saturated carbocycles. The lowest BCUT2D eigenvalue weighted by Crippen LogP contribution is -2.74. The van der Waals surface area contributed by atoms with Gasteiger partial charge in [-0.25, -0.2) is 4.79 Å². The quantitative estimate of drug-likeness (QED) is 0.0861. The van der Waals surface area contributed by atoms with Crippen LogP contribution in [-0.2, 0) is 28.6 Å². The van der Waals surface area contributed by atoms with Gasteiger partial charge in [0.1, 0.15) is 24.6 Å². The van der Waals surface area contributed by atoms with E-state index in [1.165, 1.54) is 12.0 Å². The van der Waals surface area contributed by atoms with Crippen molar-refractivity contribution in [3.8, 4) is 0 Å². The number of fused-ring (bicyclic) bond motifs is 3. The van der Waals surface area contributed by atoms with Crippen LogP contribution >= 0.6 is 0 Å². The van der Waals surface area contributed by atoms with E-state index in [1.54, 1.807) is 7.11 Å². The second kappa shape index (κ2) is 14.7. The van der Waals surface area contributed by atoms with Crippen LogP contribution in [0.3, 0.4) is 0 Å². The van der Waals surface area contributed by atoms with Gasteiger partial charge in [0, 0.05) is 30.3 Å². The van der Waals surface area contributed by atoms with Crippen LogP contribution in [0.1, 0.15) is 137 Å². The molecule has 1 spiro atoms. The molecule has 0 radical (unpaired) electrons. The highest BCUT2D eigenvalue weighted by Gasteiger charge is 2.79. The first-order chi connectivity index (χ1) is 28.4. The van der Waals surface area contributed by atoms with E-state index in [9.17, 15) is 39.9 Å². The maximum absolute atomic E-state index is 14.2. The lowest BCUT2D eigenvalue weighted by molar-refractivity contribution is -0.341. The Balaban J connectivity index is 1.18. The summed E-state index contributed by atoms with van der Waals surface area (Å²) in [6, 6.07) is 0. The number of carbonyl (C=O) groups excluding carboxylic acids is 1. The van der Waals surface area contributed by atoms with E-state index < -0.39 is 53.5 Å². The number of hydrogen-bond acceptors (Lipinski definition) is 9. The molecule has 334 valence electrons. The fourth-order valence-electron chi connectivity index (χ4n) is 18.4. The standard InChI is InChI=1S/C49H72O11/c1-43-16-9-17-48(27-43)33-23-28-13-14-30-24-34(59-41-37(53)35(51)36(52)38(60-41)40(54)55)45(3,29-11-7-6-8-12-29)32-15-19-44(2,39(28)46(30,32)4)47(33,18-10-22-50)20-21-49(48,42(56)57)31(25-43)26-58-5/h9,17,22-23,28-32,34-39,41,51-53H,6-8,10-16,18-21,24-27H2,1-5H3,(H,54,55)(H,56,57)/t28-,30-,31+,32+,34+,35+,36+,37-,38+,39+,41-,43+,44-,45+,46+,47-,48+,49+/m1/s1. The van der Waals surface area contributed by atoms with E-state index in [2.05, 4.69) is 45.9 Å². The Hall–Kier alpha value is -2.15. The van der Waals surface area contributed by atoms with Crippen LogP contribution < -0.4 is 0 Å². The minimum Gasteiger partial charge on any atom is -0.481 e. The van der Waals surface area contributed by atoms with Crippen LogP contribution in [0.15, 0.2) is 23.8 Å². The average molecular weight is 837 g/mol. The van der Waals surface area contributed by atoms with Gasteiger partial charge in [-0.3, -0.25) is 4.79 Å². The molecule has 0 unspecified atom stereocenters. The largest absolute Gasteiger partial charge is 0.481 e. The Morgan fingerprint density at radius 1 is 0.900 bits per heavy atom. The third kappa shape index (κ3) is 5.50. The second-order valence-corrected chi connectivity index (χ2v) is 22.7. The van der Waals surface area contributed by atoms with E-state index in [-0.39, 0.29) is 62.8 Å². The molecule has 60 heavy (non-hydrogen) atoms.